The van der Waals surface area contributed by atoms with Gasteiger partial charge in [0.2, 0.25) is 11.8 Å². The lowest BCUT2D eigenvalue weighted by atomic mass is 10.1. The fourth-order valence-electron chi connectivity index (χ4n) is 3.04. The van der Waals surface area contributed by atoms with Crippen LogP contribution in [0.5, 0.6) is 5.75 Å². The smallest absolute Gasteiger partial charge is 0.238 e. The van der Waals surface area contributed by atoms with Gasteiger partial charge in [0.05, 0.1) is 35.1 Å². The van der Waals surface area contributed by atoms with Crippen LogP contribution in [-0.2, 0) is 22.7 Å². The SMILES string of the molecule is Cc1c(OCc2ccccc2)c(=O)c(Br)c2n1C(CNC=O)COC2. The quantitative estimate of drug-likeness (QED) is 0.747. The van der Waals surface area contributed by atoms with E-state index in [-0.39, 0.29) is 11.5 Å². The van der Waals surface area contributed by atoms with Crippen LogP contribution in [0.1, 0.15) is 23.0 Å². The topological polar surface area (TPSA) is 69.6 Å². The normalized spacial score (nSPS) is 16.2. The first-order valence-corrected chi connectivity index (χ1v) is 8.77. The average Bonchev–Trinajstić information content (AvgIpc) is 2.65. The van der Waals surface area contributed by atoms with Crippen molar-refractivity contribution in [2.24, 2.45) is 0 Å². The lowest BCUT2D eigenvalue weighted by Crippen LogP contribution is -2.36. The molecule has 1 N–H and O–H groups in total. The van der Waals surface area contributed by atoms with Crippen molar-refractivity contribution in [3.63, 3.8) is 0 Å². The highest BCUT2D eigenvalue weighted by Gasteiger charge is 2.27. The first kappa shape index (κ1) is 17.7. The van der Waals surface area contributed by atoms with Gasteiger partial charge in [-0.25, -0.2) is 0 Å². The standard InChI is InChI=1S/C18H19BrN2O4/c1-12-18(25-8-13-5-3-2-4-6-13)17(23)16(19)15-10-24-9-14(21(12)15)7-20-11-22/h2-6,11,14H,7-10H2,1H3,(H,20,22). The predicted molar refractivity (Wildman–Crippen MR) is 96.7 cm³/mol. The summed E-state index contributed by atoms with van der Waals surface area (Å²) < 4.78 is 13.9. The van der Waals surface area contributed by atoms with Crippen LogP contribution in [-0.4, -0.2) is 24.1 Å². The molecule has 1 aromatic carbocycles. The number of carbonyl (C=O) groups excluding carboxylic acids is 1. The van der Waals surface area contributed by atoms with Crippen molar-refractivity contribution in [3.05, 3.63) is 62.0 Å². The van der Waals surface area contributed by atoms with Crippen LogP contribution in [0.2, 0.25) is 0 Å². The molecule has 1 aliphatic rings. The zero-order valence-corrected chi connectivity index (χ0v) is 15.4. The van der Waals surface area contributed by atoms with Crippen molar-refractivity contribution in [2.45, 2.75) is 26.2 Å². The first-order chi connectivity index (χ1) is 12.1. The molecular formula is C18H19BrN2O4. The van der Waals surface area contributed by atoms with Crippen LogP contribution in [0.25, 0.3) is 0 Å². The number of benzene rings is 1. The summed E-state index contributed by atoms with van der Waals surface area (Å²) in [6, 6.07) is 9.60. The van der Waals surface area contributed by atoms with Crippen LogP contribution in [0, 0.1) is 6.92 Å². The molecule has 0 radical (unpaired) electrons. The van der Waals surface area contributed by atoms with Crippen molar-refractivity contribution in [2.75, 3.05) is 13.2 Å². The monoisotopic (exact) mass is 406 g/mol. The molecule has 1 unspecified atom stereocenters. The van der Waals surface area contributed by atoms with E-state index in [0.717, 1.165) is 17.0 Å². The fraction of sp³-hybridized carbons (Fsp3) is 0.333. The fourth-order valence-corrected chi connectivity index (χ4v) is 3.53. The molecule has 132 valence electrons. The minimum Gasteiger partial charge on any atom is -0.483 e. The Balaban J connectivity index is 1.97. The third kappa shape index (κ3) is 3.62. The molecule has 0 saturated heterocycles. The highest BCUT2D eigenvalue weighted by atomic mass is 79.9. The van der Waals surface area contributed by atoms with Gasteiger partial charge in [0.25, 0.3) is 0 Å². The molecule has 0 aliphatic carbocycles. The largest absolute Gasteiger partial charge is 0.483 e. The molecule has 0 saturated carbocycles. The molecule has 1 aromatic heterocycles. The Labute approximate surface area is 153 Å². The van der Waals surface area contributed by atoms with E-state index in [4.69, 9.17) is 9.47 Å². The van der Waals surface area contributed by atoms with Gasteiger partial charge in [-0.05, 0) is 28.4 Å². The highest BCUT2D eigenvalue weighted by molar-refractivity contribution is 9.10. The molecule has 2 heterocycles. The number of halogens is 1. The zero-order valence-electron chi connectivity index (χ0n) is 13.8. The number of carbonyl (C=O) groups is 1. The van der Waals surface area contributed by atoms with Gasteiger partial charge in [-0.3, -0.25) is 9.59 Å². The van der Waals surface area contributed by atoms with Crippen LogP contribution in [0.4, 0.5) is 0 Å². The molecule has 1 atom stereocenters. The Bertz CT molecular complexity index is 820. The number of aromatic nitrogens is 1. The summed E-state index contributed by atoms with van der Waals surface area (Å²) in [5, 5.41) is 2.68. The predicted octanol–water partition coefficient (Wildman–Crippen LogP) is 2.32. The number of hydrogen-bond acceptors (Lipinski definition) is 4. The summed E-state index contributed by atoms with van der Waals surface area (Å²) >= 11 is 3.39. The summed E-state index contributed by atoms with van der Waals surface area (Å²) in [6.45, 7) is 3.40. The molecule has 0 bridgehead atoms. The number of pyridine rings is 1. The van der Waals surface area contributed by atoms with E-state index < -0.39 is 0 Å². The molecule has 3 rings (SSSR count). The van der Waals surface area contributed by atoms with Gasteiger partial charge in [0.15, 0.2) is 5.75 Å². The lowest BCUT2D eigenvalue weighted by Gasteiger charge is -2.32. The second-order valence-electron chi connectivity index (χ2n) is 5.84. The number of amides is 1. The van der Waals surface area contributed by atoms with E-state index in [2.05, 4.69) is 21.2 Å². The van der Waals surface area contributed by atoms with Crippen LogP contribution in [0.15, 0.2) is 39.6 Å². The molecule has 25 heavy (non-hydrogen) atoms. The Kier molecular flexibility index (Phi) is 5.55. The molecule has 1 aliphatic heterocycles. The molecule has 2 aromatic rings. The van der Waals surface area contributed by atoms with Crippen molar-refractivity contribution in [3.8, 4) is 5.75 Å². The summed E-state index contributed by atoms with van der Waals surface area (Å²) in [6.07, 6.45) is 0.661. The third-order valence-electron chi connectivity index (χ3n) is 4.22. The van der Waals surface area contributed by atoms with Gasteiger partial charge in [0.1, 0.15) is 6.61 Å². The summed E-state index contributed by atoms with van der Waals surface area (Å²) in [7, 11) is 0. The van der Waals surface area contributed by atoms with Gasteiger partial charge >= 0.3 is 0 Å². The Morgan fingerprint density at radius 2 is 2.16 bits per heavy atom. The highest BCUT2D eigenvalue weighted by Crippen LogP contribution is 2.29. The van der Waals surface area contributed by atoms with Gasteiger partial charge in [0, 0.05) is 6.54 Å². The van der Waals surface area contributed by atoms with Gasteiger partial charge in [-0.15, -0.1) is 0 Å². The van der Waals surface area contributed by atoms with Crippen molar-refractivity contribution >= 4 is 22.3 Å². The van der Waals surface area contributed by atoms with E-state index in [9.17, 15) is 9.59 Å². The summed E-state index contributed by atoms with van der Waals surface area (Å²) in [5.41, 5.74) is 2.30. The Morgan fingerprint density at radius 1 is 1.40 bits per heavy atom. The van der Waals surface area contributed by atoms with Crippen molar-refractivity contribution in [1.29, 1.82) is 0 Å². The van der Waals surface area contributed by atoms with Crippen LogP contribution < -0.4 is 15.5 Å². The van der Waals surface area contributed by atoms with E-state index in [1.807, 2.05) is 41.8 Å². The maximum atomic E-state index is 12.7. The van der Waals surface area contributed by atoms with E-state index >= 15 is 0 Å². The number of rotatable bonds is 6. The molecule has 1 amide bonds. The average molecular weight is 407 g/mol. The molecule has 7 heteroatoms. The first-order valence-electron chi connectivity index (χ1n) is 7.98. The second-order valence-corrected chi connectivity index (χ2v) is 6.64. The second kappa shape index (κ2) is 7.84. The molecule has 0 spiro atoms. The van der Waals surface area contributed by atoms with Crippen molar-refractivity contribution in [1.82, 2.24) is 9.88 Å². The molecular weight excluding hydrogens is 388 g/mol. The maximum Gasteiger partial charge on any atom is 0.238 e. The van der Waals surface area contributed by atoms with E-state index in [0.29, 0.717) is 43.0 Å². The van der Waals surface area contributed by atoms with Crippen LogP contribution in [0.3, 0.4) is 0 Å². The lowest BCUT2D eigenvalue weighted by molar-refractivity contribution is -0.109. The van der Waals surface area contributed by atoms with Gasteiger partial charge in [-0.2, -0.15) is 0 Å². The number of nitrogens with zero attached hydrogens (tertiary/aromatic N) is 1. The molecule has 6 nitrogen and oxygen atoms in total. The number of fused-ring (bicyclic) bond motifs is 1. The Hall–Kier alpha value is -2.12. The van der Waals surface area contributed by atoms with E-state index in [1.165, 1.54) is 0 Å². The number of hydrogen-bond donors (Lipinski definition) is 1. The number of nitrogens with one attached hydrogen (secondary N) is 1. The van der Waals surface area contributed by atoms with E-state index in [1.54, 1.807) is 0 Å². The van der Waals surface area contributed by atoms with Crippen LogP contribution >= 0.6 is 15.9 Å². The zero-order chi connectivity index (χ0) is 17.8. The minimum atomic E-state index is -0.188. The van der Waals surface area contributed by atoms with Gasteiger partial charge in [-0.1, -0.05) is 30.3 Å². The number of ether oxygens (including phenoxy) is 2. The third-order valence-corrected chi connectivity index (χ3v) is 5.03. The van der Waals surface area contributed by atoms with Gasteiger partial charge < -0.3 is 19.4 Å². The van der Waals surface area contributed by atoms with Crippen molar-refractivity contribution < 1.29 is 14.3 Å². The minimum absolute atomic E-state index is 0.0927. The molecule has 0 fully saturated rings. The summed E-state index contributed by atoms with van der Waals surface area (Å²) in [5.74, 6) is 0.317. The Morgan fingerprint density at radius 3 is 2.88 bits per heavy atom. The summed E-state index contributed by atoms with van der Waals surface area (Å²) in [4.78, 5) is 23.3. The maximum absolute atomic E-state index is 12.7.